The van der Waals surface area contributed by atoms with Crippen LogP contribution in [-0.4, -0.2) is 23.0 Å². The van der Waals surface area contributed by atoms with Crippen LogP contribution in [-0.2, 0) is 11.2 Å². The van der Waals surface area contributed by atoms with Crippen LogP contribution in [0, 0.1) is 0 Å². The maximum Gasteiger partial charge on any atom is 0.248 e. The monoisotopic (exact) mass is 395 g/mol. The lowest BCUT2D eigenvalue weighted by Crippen LogP contribution is -2.08. The van der Waals surface area contributed by atoms with E-state index in [0.29, 0.717) is 11.4 Å². The summed E-state index contributed by atoms with van der Waals surface area (Å²) in [6.07, 6.45) is 5.48. The molecule has 0 aliphatic carbocycles. The van der Waals surface area contributed by atoms with E-state index in [9.17, 15) is 4.79 Å². The molecular formula is C25H21N3O2. The zero-order chi connectivity index (χ0) is 20.8. The molecule has 0 unspecified atom stereocenters. The molecular weight excluding hydrogens is 374 g/mol. The van der Waals surface area contributed by atoms with Crippen molar-refractivity contribution in [2.75, 3.05) is 12.4 Å². The smallest absolute Gasteiger partial charge is 0.248 e. The second-order valence-corrected chi connectivity index (χ2v) is 6.80. The van der Waals surface area contributed by atoms with Crippen molar-refractivity contribution in [3.8, 4) is 5.75 Å². The number of methoxy groups -OCH3 is 1. The van der Waals surface area contributed by atoms with E-state index in [4.69, 9.17) is 4.74 Å². The number of anilines is 1. The molecule has 0 atom stereocenters. The third-order valence-electron chi connectivity index (χ3n) is 4.66. The molecule has 5 heteroatoms. The summed E-state index contributed by atoms with van der Waals surface area (Å²) >= 11 is 0. The molecule has 1 amide bonds. The second kappa shape index (κ2) is 9.01. The highest BCUT2D eigenvalue weighted by Crippen LogP contribution is 2.25. The van der Waals surface area contributed by atoms with E-state index in [1.807, 2.05) is 60.7 Å². The molecule has 30 heavy (non-hydrogen) atoms. The molecule has 0 radical (unpaired) electrons. The molecule has 0 saturated heterocycles. The van der Waals surface area contributed by atoms with Gasteiger partial charge in [0, 0.05) is 23.7 Å². The quantitative estimate of drug-likeness (QED) is 0.473. The molecule has 0 saturated carbocycles. The number of amides is 1. The molecule has 0 bridgehead atoms. The number of carbonyl (C=O) groups excluding carboxylic acids is 1. The molecule has 148 valence electrons. The summed E-state index contributed by atoms with van der Waals surface area (Å²) in [4.78, 5) is 21.2. The summed E-state index contributed by atoms with van der Waals surface area (Å²) in [5.74, 6) is 0.555. The third kappa shape index (κ3) is 4.70. The Morgan fingerprint density at radius 1 is 1.00 bits per heavy atom. The van der Waals surface area contributed by atoms with E-state index >= 15 is 0 Å². The lowest BCUT2D eigenvalue weighted by atomic mass is 10.0. The first kappa shape index (κ1) is 19.3. The minimum atomic E-state index is -0.235. The average Bonchev–Trinajstić information content (AvgIpc) is 2.78. The van der Waals surface area contributed by atoms with Crippen molar-refractivity contribution in [3.05, 3.63) is 102 Å². The van der Waals surface area contributed by atoms with Crippen molar-refractivity contribution in [3.63, 3.8) is 0 Å². The molecule has 0 aliphatic heterocycles. The fourth-order valence-electron chi connectivity index (χ4n) is 3.21. The van der Waals surface area contributed by atoms with Gasteiger partial charge in [-0.1, -0.05) is 42.5 Å². The van der Waals surface area contributed by atoms with Crippen LogP contribution in [0.2, 0.25) is 0 Å². The number of hydrogen-bond donors (Lipinski definition) is 1. The minimum Gasteiger partial charge on any atom is -0.496 e. The van der Waals surface area contributed by atoms with Gasteiger partial charge in [0.15, 0.2) is 0 Å². The number of benzene rings is 3. The van der Waals surface area contributed by atoms with Gasteiger partial charge in [0.1, 0.15) is 5.75 Å². The van der Waals surface area contributed by atoms with Gasteiger partial charge in [0.25, 0.3) is 0 Å². The fourth-order valence-corrected chi connectivity index (χ4v) is 3.21. The average molecular weight is 395 g/mol. The van der Waals surface area contributed by atoms with Crippen molar-refractivity contribution in [2.24, 2.45) is 0 Å². The molecule has 3 aromatic carbocycles. The van der Waals surface area contributed by atoms with Crippen molar-refractivity contribution in [1.82, 2.24) is 9.97 Å². The Morgan fingerprint density at radius 3 is 2.57 bits per heavy atom. The number of ether oxygens (including phenoxy) is 1. The normalized spacial score (nSPS) is 11.0. The predicted octanol–water partition coefficient (Wildman–Crippen LogP) is 4.88. The number of nitrogens with one attached hydrogen (secondary N) is 1. The summed E-state index contributed by atoms with van der Waals surface area (Å²) in [5.41, 5.74) is 5.13. The first-order valence-electron chi connectivity index (χ1n) is 9.63. The first-order chi connectivity index (χ1) is 14.7. The molecule has 1 aromatic heterocycles. The van der Waals surface area contributed by atoms with Crippen LogP contribution in [0.1, 0.15) is 16.8 Å². The van der Waals surface area contributed by atoms with Gasteiger partial charge in [-0.05, 0) is 42.0 Å². The third-order valence-corrected chi connectivity index (χ3v) is 4.66. The Hall–Kier alpha value is -3.99. The largest absolute Gasteiger partial charge is 0.496 e. The number of nitrogens with zero attached hydrogens (tertiary/aromatic N) is 2. The van der Waals surface area contributed by atoms with Crippen LogP contribution in [0.25, 0.3) is 17.1 Å². The summed E-state index contributed by atoms with van der Waals surface area (Å²) in [5, 5.41) is 2.90. The maximum absolute atomic E-state index is 12.4. The zero-order valence-electron chi connectivity index (χ0n) is 16.6. The lowest BCUT2D eigenvalue weighted by Gasteiger charge is -2.11. The molecule has 1 heterocycles. The van der Waals surface area contributed by atoms with Gasteiger partial charge in [-0.25, -0.2) is 4.98 Å². The van der Waals surface area contributed by atoms with Crippen LogP contribution in [0.3, 0.4) is 0 Å². The zero-order valence-corrected chi connectivity index (χ0v) is 16.6. The Kier molecular flexibility index (Phi) is 5.80. The summed E-state index contributed by atoms with van der Waals surface area (Å²) in [7, 11) is 1.65. The highest BCUT2D eigenvalue weighted by atomic mass is 16.5. The SMILES string of the molecule is COc1ccc(NC(=O)/C=C/c2cnc3ccccc3n2)cc1Cc1ccccc1. The highest BCUT2D eigenvalue weighted by molar-refractivity contribution is 6.02. The molecule has 1 N–H and O–H groups in total. The van der Waals surface area contributed by atoms with Crippen LogP contribution < -0.4 is 10.1 Å². The van der Waals surface area contributed by atoms with Gasteiger partial charge >= 0.3 is 0 Å². The lowest BCUT2D eigenvalue weighted by molar-refractivity contribution is -0.111. The number of aromatic nitrogens is 2. The van der Waals surface area contributed by atoms with Gasteiger partial charge in [-0.2, -0.15) is 0 Å². The number of para-hydroxylation sites is 2. The Bertz CT molecular complexity index is 1200. The van der Waals surface area contributed by atoms with Crippen LogP contribution in [0.5, 0.6) is 5.75 Å². The van der Waals surface area contributed by atoms with Gasteiger partial charge in [-0.15, -0.1) is 0 Å². The van der Waals surface area contributed by atoms with Crippen molar-refractivity contribution in [1.29, 1.82) is 0 Å². The van der Waals surface area contributed by atoms with Crippen LogP contribution in [0.15, 0.2) is 85.1 Å². The fraction of sp³-hybridized carbons (Fsp3) is 0.0800. The molecule has 5 nitrogen and oxygen atoms in total. The number of rotatable bonds is 6. The van der Waals surface area contributed by atoms with Crippen molar-refractivity contribution < 1.29 is 9.53 Å². The van der Waals surface area contributed by atoms with E-state index in [0.717, 1.165) is 28.8 Å². The Balaban J connectivity index is 1.48. The number of hydrogen-bond acceptors (Lipinski definition) is 4. The van der Waals surface area contributed by atoms with E-state index in [-0.39, 0.29) is 5.91 Å². The Morgan fingerprint density at radius 2 is 1.77 bits per heavy atom. The summed E-state index contributed by atoms with van der Waals surface area (Å²) in [6.45, 7) is 0. The van der Waals surface area contributed by atoms with Crippen molar-refractivity contribution >= 4 is 28.7 Å². The van der Waals surface area contributed by atoms with Crippen molar-refractivity contribution in [2.45, 2.75) is 6.42 Å². The number of carbonyl (C=O) groups is 1. The minimum absolute atomic E-state index is 0.235. The summed E-state index contributed by atoms with van der Waals surface area (Å²) in [6, 6.07) is 23.4. The van der Waals surface area contributed by atoms with Gasteiger partial charge in [0.2, 0.25) is 5.91 Å². The standard InChI is InChI=1S/C25H21N3O2/c1-30-24-13-11-20(16-19(24)15-18-7-3-2-4-8-18)28-25(29)14-12-21-17-26-22-9-5-6-10-23(22)27-21/h2-14,16-17H,15H2,1H3,(H,28,29)/b14-12+. The van der Waals surface area contributed by atoms with Crippen LogP contribution >= 0.6 is 0 Å². The molecule has 0 fully saturated rings. The van der Waals surface area contributed by atoms with Gasteiger partial charge < -0.3 is 10.1 Å². The van der Waals surface area contributed by atoms with E-state index in [1.54, 1.807) is 19.4 Å². The maximum atomic E-state index is 12.4. The number of fused-ring (bicyclic) bond motifs is 1. The molecule has 4 aromatic rings. The summed E-state index contributed by atoms with van der Waals surface area (Å²) < 4.78 is 5.48. The second-order valence-electron chi connectivity index (χ2n) is 6.80. The first-order valence-corrected chi connectivity index (χ1v) is 9.63. The topological polar surface area (TPSA) is 64.1 Å². The molecule has 4 rings (SSSR count). The van der Waals surface area contributed by atoms with E-state index in [1.165, 1.54) is 11.6 Å². The molecule has 0 spiro atoms. The molecule has 0 aliphatic rings. The highest BCUT2D eigenvalue weighted by Gasteiger charge is 2.07. The van der Waals surface area contributed by atoms with E-state index in [2.05, 4.69) is 27.4 Å². The van der Waals surface area contributed by atoms with Gasteiger partial charge in [-0.3, -0.25) is 9.78 Å². The van der Waals surface area contributed by atoms with E-state index < -0.39 is 0 Å². The van der Waals surface area contributed by atoms with Gasteiger partial charge in [0.05, 0.1) is 30.0 Å². The van der Waals surface area contributed by atoms with Crippen LogP contribution in [0.4, 0.5) is 5.69 Å². The predicted molar refractivity (Wildman–Crippen MR) is 119 cm³/mol. The Labute approximate surface area is 175 Å².